The van der Waals surface area contributed by atoms with Gasteiger partial charge in [-0.15, -0.1) is 10.2 Å². The molecule has 0 saturated heterocycles. The maximum atomic E-state index is 12.4. The predicted octanol–water partition coefficient (Wildman–Crippen LogP) is 5.60. The number of amides is 1. The number of halogens is 2. The molecule has 2 heterocycles. The quantitative estimate of drug-likeness (QED) is 0.309. The molecule has 0 aliphatic carbocycles. The van der Waals surface area contributed by atoms with Gasteiger partial charge in [0.15, 0.2) is 5.82 Å². The van der Waals surface area contributed by atoms with E-state index in [1.54, 1.807) is 17.7 Å². The highest BCUT2D eigenvalue weighted by Crippen LogP contribution is 2.33. The van der Waals surface area contributed by atoms with Crippen LogP contribution in [0.25, 0.3) is 21.6 Å². The summed E-state index contributed by atoms with van der Waals surface area (Å²) in [7, 11) is 1.59. The third kappa shape index (κ3) is 4.70. The second-order valence-corrected chi connectivity index (χ2v) is 9.21. The van der Waals surface area contributed by atoms with E-state index >= 15 is 0 Å². The second-order valence-electron chi connectivity index (χ2n) is 6.48. The van der Waals surface area contributed by atoms with Crippen LogP contribution in [0.1, 0.15) is 18.3 Å². The fraction of sp³-hybridized carbons (Fsp3) is 0.143. The summed E-state index contributed by atoms with van der Waals surface area (Å²) in [5.74, 6) is 1.26. The maximum absolute atomic E-state index is 12.4. The van der Waals surface area contributed by atoms with Crippen LogP contribution in [0.15, 0.2) is 51.4 Å². The molecule has 0 saturated carbocycles. The summed E-state index contributed by atoms with van der Waals surface area (Å²) in [6.07, 6.45) is 3.95. The molecular weight excluding hydrogens is 546 g/mol. The van der Waals surface area contributed by atoms with Crippen molar-refractivity contribution in [1.82, 2.24) is 19.8 Å². The molecule has 0 spiro atoms. The van der Waals surface area contributed by atoms with Crippen LogP contribution in [-0.2, 0) is 11.2 Å². The average Bonchev–Trinajstić information content (AvgIpc) is 3.33. The zero-order valence-corrected chi connectivity index (χ0v) is 20.6. The summed E-state index contributed by atoms with van der Waals surface area (Å²) in [5.41, 5.74) is 2.43. The number of hydrogen-bond acceptors (Lipinski definition) is 6. The third-order valence-corrected chi connectivity index (χ3v) is 6.42. The Kier molecular flexibility index (Phi) is 6.49. The van der Waals surface area contributed by atoms with E-state index in [9.17, 15) is 4.79 Å². The molecular formula is C21H17Br2N5O2S. The van der Waals surface area contributed by atoms with E-state index < -0.39 is 0 Å². The summed E-state index contributed by atoms with van der Waals surface area (Å²) >= 11 is 8.38. The first-order chi connectivity index (χ1) is 15.0. The van der Waals surface area contributed by atoms with Crippen molar-refractivity contribution >= 4 is 65.8 Å². The highest BCUT2D eigenvalue weighted by molar-refractivity contribution is 9.11. The molecule has 1 amide bonds. The molecule has 1 N–H and O–H groups in total. The summed E-state index contributed by atoms with van der Waals surface area (Å²) in [6, 6.07) is 11.3. The van der Waals surface area contributed by atoms with Gasteiger partial charge in [-0.25, -0.2) is 0 Å². The Morgan fingerprint density at radius 3 is 2.71 bits per heavy atom. The van der Waals surface area contributed by atoms with Gasteiger partial charge in [0, 0.05) is 33.8 Å². The van der Waals surface area contributed by atoms with E-state index in [1.807, 2.05) is 43.3 Å². The fourth-order valence-electron chi connectivity index (χ4n) is 2.96. The molecule has 0 radical (unpaired) electrons. The number of ether oxygens (including phenoxy) is 1. The van der Waals surface area contributed by atoms with Crippen LogP contribution >= 0.6 is 43.2 Å². The Morgan fingerprint density at radius 2 is 2.00 bits per heavy atom. The summed E-state index contributed by atoms with van der Waals surface area (Å²) in [5, 5.41) is 16.6. The number of methoxy groups -OCH3 is 1. The molecule has 4 aromatic rings. The standard InChI is InChI=1S/C21H17Br2N5O2S/c1-3-17-25-26-21-28(17)27-20(31-21)12-4-7-15(8-5-12)24-18(29)9-6-13-10-14(22)11-16(23)19(13)30-2/h4-11H,3H2,1-2H3,(H,24,29). The van der Waals surface area contributed by atoms with Crippen LogP contribution in [0.5, 0.6) is 5.75 Å². The molecule has 4 rings (SSSR count). The molecule has 2 aromatic carbocycles. The largest absolute Gasteiger partial charge is 0.495 e. The van der Waals surface area contributed by atoms with E-state index in [0.717, 1.165) is 42.3 Å². The zero-order valence-electron chi connectivity index (χ0n) is 16.6. The molecule has 31 heavy (non-hydrogen) atoms. The second kappa shape index (κ2) is 9.29. The first-order valence-corrected chi connectivity index (χ1v) is 11.7. The van der Waals surface area contributed by atoms with Crippen LogP contribution < -0.4 is 10.1 Å². The fourth-order valence-corrected chi connectivity index (χ4v) is 5.24. The minimum Gasteiger partial charge on any atom is -0.495 e. The van der Waals surface area contributed by atoms with Gasteiger partial charge in [-0.3, -0.25) is 4.79 Å². The smallest absolute Gasteiger partial charge is 0.248 e. The number of carbonyl (C=O) groups excluding carboxylic acids is 1. The van der Waals surface area contributed by atoms with E-state index in [2.05, 4.69) is 52.5 Å². The first kappa shape index (κ1) is 21.7. The highest BCUT2D eigenvalue weighted by atomic mass is 79.9. The highest BCUT2D eigenvalue weighted by Gasteiger charge is 2.12. The number of nitrogens with zero attached hydrogens (tertiary/aromatic N) is 4. The van der Waals surface area contributed by atoms with E-state index in [4.69, 9.17) is 4.74 Å². The summed E-state index contributed by atoms with van der Waals surface area (Å²) in [4.78, 5) is 13.1. The molecule has 0 fully saturated rings. The van der Waals surface area contributed by atoms with Crippen molar-refractivity contribution in [2.75, 3.05) is 12.4 Å². The Labute approximate surface area is 199 Å². The zero-order chi connectivity index (χ0) is 22.0. The van der Waals surface area contributed by atoms with Crippen molar-refractivity contribution in [3.63, 3.8) is 0 Å². The van der Waals surface area contributed by atoms with E-state index in [-0.39, 0.29) is 5.91 Å². The van der Waals surface area contributed by atoms with Crippen molar-refractivity contribution in [3.05, 3.63) is 62.8 Å². The lowest BCUT2D eigenvalue weighted by Gasteiger charge is -2.08. The van der Waals surface area contributed by atoms with Crippen LogP contribution in [0.2, 0.25) is 0 Å². The monoisotopic (exact) mass is 561 g/mol. The van der Waals surface area contributed by atoms with Crippen molar-refractivity contribution in [2.24, 2.45) is 0 Å². The lowest BCUT2D eigenvalue weighted by atomic mass is 10.2. The Morgan fingerprint density at radius 1 is 1.23 bits per heavy atom. The number of aryl methyl sites for hydroxylation is 1. The third-order valence-electron chi connectivity index (χ3n) is 4.43. The Bertz CT molecular complexity index is 1280. The molecule has 0 aliphatic heterocycles. The normalized spacial score (nSPS) is 11.4. The lowest BCUT2D eigenvalue weighted by molar-refractivity contribution is -0.111. The number of carbonyl (C=O) groups is 1. The van der Waals surface area contributed by atoms with Gasteiger partial charge in [0.25, 0.3) is 0 Å². The summed E-state index contributed by atoms with van der Waals surface area (Å²) < 4.78 is 8.86. The minimum atomic E-state index is -0.239. The van der Waals surface area contributed by atoms with Gasteiger partial charge >= 0.3 is 0 Å². The molecule has 158 valence electrons. The number of anilines is 1. The van der Waals surface area contributed by atoms with Crippen molar-refractivity contribution in [1.29, 1.82) is 0 Å². The lowest BCUT2D eigenvalue weighted by Crippen LogP contribution is -2.07. The van der Waals surface area contributed by atoms with Gasteiger partial charge in [-0.1, -0.05) is 34.2 Å². The molecule has 7 nitrogen and oxygen atoms in total. The van der Waals surface area contributed by atoms with Crippen molar-refractivity contribution in [3.8, 4) is 16.3 Å². The number of nitrogens with one attached hydrogen (secondary N) is 1. The van der Waals surface area contributed by atoms with Gasteiger partial charge in [0.2, 0.25) is 10.9 Å². The van der Waals surface area contributed by atoms with Crippen LogP contribution in [-0.4, -0.2) is 32.8 Å². The molecule has 0 aliphatic rings. The van der Waals surface area contributed by atoms with Crippen molar-refractivity contribution in [2.45, 2.75) is 13.3 Å². The minimum absolute atomic E-state index is 0.239. The van der Waals surface area contributed by atoms with Crippen molar-refractivity contribution < 1.29 is 9.53 Å². The Balaban J connectivity index is 1.47. The molecule has 0 bridgehead atoms. The van der Waals surface area contributed by atoms with Gasteiger partial charge in [-0.05, 0) is 58.4 Å². The molecule has 2 aromatic heterocycles. The topological polar surface area (TPSA) is 81.4 Å². The van der Waals surface area contributed by atoms with Gasteiger partial charge in [0.05, 0.1) is 11.6 Å². The Hall–Kier alpha value is -2.56. The number of aromatic nitrogens is 4. The summed E-state index contributed by atoms with van der Waals surface area (Å²) in [6.45, 7) is 2.02. The van der Waals surface area contributed by atoms with Crippen LogP contribution in [0, 0.1) is 0 Å². The van der Waals surface area contributed by atoms with Gasteiger partial charge in [0.1, 0.15) is 10.8 Å². The number of rotatable bonds is 6. The SMILES string of the molecule is CCc1nnc2sc(-c3ccc(NC(=O)C=Cc4cc(Br)cc(Br)c4OC)cc3)nn12. The molecule has 0 atom stereocenters. The van der Waals surface area contributed by atoms with Crippen LogP contribution in [0.3, 0.4) is 0 Å². The number of benzene rings is 2. The maximum Gasteiger partial charge on any atom is 0.248 e. The predicted molar refractivity (Wildman–Crippen MR) is 130 cm³/mol. The molecule has 10 heteroatoms. The number of hydrogen-bond donors (Lipinski definition) is 1. The van der Waals surface area contributed by atoms with E-state index in [1.165, 1.54) is 17.4 Å². The van der Waals surface area contributed by atoms with E-state index in [0.29, 0.717) is 11.4 Å². The van der Waals surface area contributed by atoms with Gasteiger partial charge in [-0.2, -0.15) is 9.61 Å². The molecule has 0 unspecified atom stereocenters. The number of fused-ring (bicyclic) bond motifs is 1. The van der Waals surface area contributed by atoms with Gasteiger partial charge < -0.3 is 10.1 Å². The first-order valence-electron chi connectivity index (χ1n) is 9.32. The van der Waals surface area contributed by atoms with Crippen LogP contribution in [0.4, 0.5) is 5.69 Å². The average molecular weight is 563 g/mol.